The summed E-state index contributed by atoms with van der Waals surface area (Å²) in [5, 5.41) is -0.239. The van der Waals surface area contributed by atoms with Gasteiger partial charge < -0.3 is 0 Å². The third-order valence-electron chi connectivity index (χ3n) is 3.69. The van der Waals surface area contributed by atoms with E-state index in [4.69, 9.17) is 4.18 Å². The van der Waals surface area contributed by atoms with E-state index in [0.717, 1.165) is 18.4 Å². The second-order valence-corrected chi connectivity index (χ2v) is 11.3. The van der Waals surface area contributed by atoms with Gasteiger partial charge in [-0.05, 0) is 31.9 Å². The molecule has 2 fully saturated rings. The summed E-state index contributed by atoms with van der Waals surface area (Å²) in [6, 6.07) is 6.51. The Hall–Kier alpha value is -0.610. The van der Waals surface area contributed by atoms with Crippen LogP contribution in [0.2, 0.25) is 0 Å². The van der Waals surface area contributed by atoms with Gasteiger partial charge >= 0.3 is 0 Å². The average Bonchev–Trinajstić information content (AvgIpc) is 3.21. The van der Waals surface area contributed by atoms with Crippen molar-refractivity contribution in [3.8, 4) is 0 Å². The number of benzene rings is 1. The number of hydrogen-bond acceptors (Lipinski definition) is 6. The summed E-state index contributed by atoms with van der Waals surface area (Å²) in [5.41, 5.74) is 0.977. The molecule has 1 saturated heterocycles. The quantitative estimate of drug-likeness (QED) is 0.563. The summed E-state index contributed by atoms with van der Waals surface area (Å²) in [4.78, 5) is 0.185. The summed E-state index contributed by atoms with van der Waals surface area (Å²) in [6.45, 7) is 2.34. The second kappa shape index (κ2) is 5.79. The zero-order valence-electron chi connectivity index (χ0n) is 12.0. The van der Waals surface area contributed by atoms with Crippen molar-refractivity contribution in [3.63, 3.8) is 0 Å². The Morgan fingerprint density at radius 1 is 1.09 bits per heavy atom. The Bertz CT molecular complexity index is 747. The third kappa shape index (κ3) is 3.33. The standard InChI is InChI=1S/C13H17NO5S3/c1-10-2-4-13(5-3-10)22(17,18)20-19-11-8-14(9-11)21(15,16)12-6-7-12/h2-5,11-12H,6-9H2,1H3. The van der Waals surface area contributed by atoms with E-state index in [-0.39, 0.29) is 29.3 Å². The van der Waals surface area contributed by atoms with Crippen LogP contribution in [0.15, 0.2) is 29.2 Å². The van der Waals surface area contributed by atoms with E-state index in [2.05, 4.69) is 0 Å². The number of rotatable bonds is 6. The lowest BCUT2D eigenvalue weighted by molar-refractivity contribution is 0.0975. The van der Waals surface area contributed by atoms with E-state index in [1.54, 1.807) is 12.1 Å². The molecule has 0 N–H and O–H groups in total. The van der Waals surface area contributed by atoms with Crippen LogP contribution in [0.3, 0.4) is 0 Å². The summed E-state index contributed by atoms with van der Waals surface area (Å²) in [7, 11) is -6.76. The number of aryl methyl sites for hydroxylation is 1. The van der Waals surface area contributed by atoms with Crippen LogP contribution in [-0.2, 0) is 23.1 Å². The minimum Gasteiger partial charge on any atom is -0.295 e. The molecule has 0 bridgehead atoms. The van der Waals surface area contributed by atoms with Crippen molar-refractivity contribution < 1.29 is 21.0 Å². The molecule has 0 spiro atoms. The van der Waals surface area contributed by atoms with Crippen molar-refractivity contribution in [2.45, 2.75) is 36.0 Å². The van der Waals surface area contributed by atoms with Gasteiger partial charge in [0, 0.05) is 13.1 Å². The highest BCUT2D eigenvalue weighted by molar-refractivity contribution is 8.70. The lowest BCUT2D eigenvalue weighted by atomic mass is 10.2. The lowest BCUT2D eigenvalue weighted by Crippen LogP contribution is -2.54. The third-order valence-corrected chi connectivity index (χ3v) is 8.76. The summed E-state index contributed by atoms with van der Waals surface area (Å²) >= 11 is 0.409. The maximum absolute atomic E-state index is 12.1. The highest BCUT2D eigenvalue weighted by Crippen LogP contribution is 2.35. The van der Waals surface area contributed by atoms with Crippen LogP contribution in [0.4, 0.5) is 0 Å². The molecule has 0 amide bonds. The minimum absolute atomic E-state index is 0.185. The van der Waals surface area contributed by atoms with Crippen LogP contribution in [0.5, 0.6) is 0 Å². The first kappa shape index (κ1) is 16.3. The molecular weight excluding hydrogens is 346 g/mol. The fourth-order valence-electron chi connectivity index (χ4n) is 2.10. The topological polar surface area (TPSA) is 80.8 Å². The Morgan fingerprint density at radius 3 is 2.23 bits per heavy atom. The van der Waals surface area contributed by atoms with Gasteiger partial charge in [-0.2, -0.15) is 4.31 Å². The lowest BCUT2D eigenvalue weighted by Gasteiger charge is -2.36. The van der Waals surface area contributed by atoms with Crippen molar-refractivity contribution in [1.82, 2.24) is 4.31 Å². The first-order valence-electron chi connectivity index (χ1n) is 6.94. The van der Waals surface area contributed by atoms with E-state index in [1.807, 2.05) is 6.92 Å². The molecule has 3 rings (SSSR count). The minimum atomic E-state index is -3.58. The molecule has 1 aromatic carbocycles. The van der Waals surface area contributed by atoms with Gasteiger partial charge in [0.1, 0.15) is 17.2 Å². The molecule has 0 unspecified atom stereocenters. The molecule has 1 heterocycles. The van der Waals surface area contributed by atoms with E-state index in [0.29, 0.717) is 11.1 Å². The average molecular weight is 363 g/mol. The Balaban J connectivity index is 1.52. The Labute approximate surface area is 134 Å². The maximum Gasteiger partial charge on any atom is 0.255 e. The predicted molar refractivity (Wildman–Crippen MR) is 84.3 cm³/mol. The fraction of sp³-hybridized carbons (Fsp3) is 0.538. The van der Waals surface area contributed by atoms with Crippen molar-refractivity contribution in [2.24, 2.45) is 0 Å². The highest BCUT2D eigenvalue weighted by atomic mass is 33.1. The number of nitrogens with zero attached hydrogens (tertiary/aromatic N) is 1. The number of sulfonamides is 1. The van der Waals surface area contributed by atoms with Crippen LogP contribution < -0.4 is 0 Å². The fourth-order valence-corrected chi connectivity index (χ4v) is 6.10. The van der Waals surface area contributed by atoms with Gasteiger partial charge in [0.15, 0.2) is 0 Å². The molecule has 1 aliphatic carbocycles. The van der Waals surface area contributed by atoms with Crippen LogP contribution in [0.25, 0.3) is 0 Å². The molecule has 1 aliphatic heterocycles. The molecule has 6 nitrogen and oxygen atoms in total. The molecule has 1 saturated carbocycles. The Kier molecular flexibility index (Phi) is 4.28. The first-order chi connectivity index (χ1) is 10.3. The van der Waals surface area contributed by atoms with Gasteiger partial charge in [-0.15, -0.1) is 0 Å². The van der Waals surface area contributed by atoms with Crippen molar-refractivity contribution >= 4 is 30.0 Å². The van der Waals surface area contributed by atoms with Crippen LogP contribution in [-0.4, -0.2) is 45.6 Å². The second-order valence-electron chi connectivity index (χ2n) is 5.61. The molecule has 1 aromatic rings. The summed E-state index contributed by atoms with van der Waals surface area (Å²) in [5.74, 6) is 0. The molecular formula is C13H17NO5S3. The van der Waals surface area contributed by atoms with Crippen molar-refractivity contribution in [3.05, 3.63) is 29.8 Å². The highest BCUT2D eigenvalue weighted by Gasteiger charge is 2.46. The molecule has 22 heavy (non-hydrogen) atoms. The molecule has 9 heteroatoms. The maximum atomic E-state index is 12.1. The SMILES string of the molecule is Cc1ccc(S(=O)(=O)SOC2CN(S(=O)(=O)C3CC3)C2)cc1. The summed E-state index contributed by atoms with van der Waals surface area (Å²) in [6.07, 6.45) is 1.07. The van der Waals surface area contributed by atoms with Crippen molar-refractivity contribution in [2.75, 3.05) is 13.1 Å². The first-order valence-corrected chi connectivity index (χ1v) is 11.2. The largest absolute Gasteiger partial charge is 0.295 e. The van der Waals surface area contributed by atoms with E-state index in [9.17, 15) is 16.8 Å². The van der Waals surface area contributed by atoms with Gasteiger partial charge in [-0.1, -0.05) is 17.7 Å². The van der Waals surface area contributed by atoms with Gasteiger partial charge in [0.05, 0.1) is 10.1 Å². The van der Waals surface area contributed by atoms with E-state index in [1.165, 1.54) is 16.4 Å². The smallest absolute Gasteiger partial charge is 0.255 e. The predicted octanol–water partition coefficient (Wildman–Crippen LogP) is 1.52. The molecule has 0 atom stereocenters. The van der Waals surface area contributed by atoms with Gasteiger partial charge in [0.25, 0.3) is 8.87 Å². The summed E-state index contributed by atoms with van der Waals surface area (Å²) < 4.78 is 54.7. The van der Waals surface area contributed by atoms with Gasteiger partial charge in [-0.3, -0.25) is 4.18 Å². The van der Waals surface area contributed by atoms with Crippen LogP contribution in [0.1, 0.15) is 18.4 Å². The van der Waals surface area contributed by atoms with Crippen molar-refractivity contribution in [1.29, 1.82) is 0 Å². The molecule has 0 aromatic heterocycles. The normalized spacial score (nSPS) is 20.8. The molecule has 122 valence electrons. The van der Waals surface area contributed by atoms with E-state index < -0.39 is 18.9 Å². The molecule has 0 radical (unpaired) electrons. The molecule has 2 aliphatic rings. The Morgan fingerprint density at radius 2 is 1.68 bits per heavy atom. The van der Waals surface area contributed by atoms with Gasteiger partial charge in [0.2, 0.25) is 10.0 Å². The number of hydrogen-bond donors (Lipinski definition) is 0. The van der Waals surface area contributed by atoms with Crippen LogP contribution in [0, 0.1) is 6.92 Å². The monoisotopic (exact) mass is 363 g/mol. The zero-order valence-corrected chi connectivity index (χ0v) is 14.5. The van der Waals surface area contributed by atoms with E-state index >= 15 is 0 Å². The van der Waals surface area contributed by atoms with Gasteiger partial charge in [-0.25, -0.2) is 16.8 Å². The zero-order chi connectivity index (χ0) is 16.0. The van der Waals surface area contributed by atoms with Crippen LogP contribution >= 0.6 is 11.1 Å².